The minimum atomic E-state index is -0.203. The van der Waals surface area contributed by atoms with Gasteiger partial charge in [0.2, 0.25) is 0 Å². The highest BCUT2D eigenvalue weighted by atomic mass is 35.5. The smallest absolute Gasteiger partial charge is 0.123 e. The molecule has 1 fully saturated rings. The first-order valence-electron chi connectivity index (χ1n) is 7.61. The molecule has 0 saturated heterocycles. The molecule has 1 N–H and O–H groups in total. The van der Waals surface area contributed by atoms with Crippen LogP contribution in [0.4, 0.5) is 4.39 Å². The molecule has 1 aromatic carbocycles. The fourth-order valence-electron chi connectivity index (χ4n) is 3.66. The van der Waals surface area contributed by atoms with Gasteiger partial charge in [0.25, 0.3) is 0 Å². The van der Waals surface area contributed by atoms with Crippen LogP contribution in [0.2, 0.25) is 5.02 Å². The molecule has 0 aliphatic heterocycles. The molecule has 0 heterocycles. The van der Waals surface area contributed by atoms with Gasteiger partial charge in [-0.2, -0.15) is 0 Å². The summed E-state index contributed by atoms with van der Waals surface area (Å²) in [5, 5.41) is 4.27. The fraction of sp³-hybridized carbons (Fsp3) is 0.647. The molecule has 0 radical (unpaired) electrons. The number of benzene rings is 1. The van der Waals surface area contributed by atoms with Gasteiger partial charge in [-0.25, -0.2) is 4.39 Å². The van der Waals surface area contributed by atoms with Crippen molar-refractivity contribution in [2.45, 2.75) is 52.5 Å². The van der Waals surface area contributed by atoms with E-state index in [1.165, 1.54) is 25.3 Å². The molecule has 2 unspecified atom stereocenters. The molecule has 1 aliphatic rings. The Bertz CT molecular complexity index is 458. The number of hydrogen-bond acceptors (Lipinski definition) is 1. The van der Waals surface area contributed by atoms with Gasteiger partial charge in [-0.05, 0) is 60.9 Å². The van der Waals surface area contributed by atoms with Crippen molar-refractivity contribution in [3.05, 3.63) is 34.6 Å². The van der Waals surface area contributed by atoms with E-state index in [4.69, 9.17) is 11.6 Å². The predicted octanol–water partition coefficient (Wildman–Crippen LogP) is 4.83. The van der Waals surface area contributed by atoms with Gasteiger partial charge in [-0.15, -0.1) is 0 Å². The van der Waals surface area contributed by atoms with Gasteiger partial charge in [0, 0.05) is 11.1 Å². The highest BCUT2D eigenvalue weighted by Crippen LogP contribution is 2.45. The first kappa shape index (κ1) is 15.8. The van der Waals surface area contributed by atoms with Crippen molar-refractivity contribution in [3.8, 4) is 0 Å². The zero-order valence-corrected chi connectivity index (χ0v) is 13.4. The van der Waals surface area contributed by atoms with Crippen LogP contribution in [0.15, 0.2) is 18.2 Å². The lowest BCUT2D eigenvalue weighted by Crippen LogP contribution is -2.42. The number of hydrogen-bond donors (Lipinski definition) is 1. The minimum absolute atomic E-state index is 0.203. The van der Waals surface area contributed by atoms with Crippen molar-refractivity contribution in [3.63, 3.8) is 0 Å². The topological polar surface area (TPSA) is 12.0 Å². The van der Waals surface area contributed by atoms with E-state index in [9.17, 15) is 4.39 Å². The summed E-state index contributed by atoms with van der Waals surface area (Å²) in [7, 11) is 0. The van der Waals surface area contributed by atoms with Gasteiger partial charge in [-0.3, -0.25) is 0 Å². The van der Waals surface area contributed by atoms with Gasteiger partial charge < -0.3 is 5.32 Å². The van der Waals surface area contributed by atoms with E-state index in [0.29, 0.717) is 22.4 Å². The number of likely N-dealkylation sites (N-methyl/N-ethyl adjacent to an activating group) is 1. The SMILES string of the molecule is CCNC(Cc1cc(F)ccc1Cl)C1CCCC1(C)C. The molecule has 1 nitrogen and oxygen atoms in total. The molecule has 0 aromatic heterocycles. The van der Waals surface area contributed by atoms with Gasteiger partial charge in [-0.1, -0.05) is 38.8 Å². The predicted molar refractivity (Wildman–Crippen MR) is 83.7 cm³/mol. The number of halogens is 2. The summed E-state index contributed by atoms with van der Waals surface area (Å²) in [6.07, 6.45) is 4.61. The van der Waals surface area contributed by atoms with Crippen molar-refractivity contribution < 1.29 is 4.39 Å². The maximum absolute atomic E-state index is 13.4. The van der Waals surface area contributed by atoms with Gasteiger partial charge in [0.1, 0.15) is 5.82 Å². The molecular weight excluding hydrogens is 273 g/mol. The zero-order chi connectivity index (χ0) is 14.8. The lowest BCUT2D eigenvalue weighted by Gasteiger charge is -2.35. The van der Waals surface area contributed by atoms with Gasteiger partial charge >= 0.3 is 0 Å². The van der Waals surface area contributed by atoms with Crippen LogP contribution < -0.4 is 5.32 Å². The summed E-state index contributed by atoms with van der Waals surface area (Å²) in [6.45, 7) is 7.76. The van der Waals surface area contributed by atoms with E-state index in [-0.39, 0.29) is 5.82 Å². The van der Waals surface area contributed by atoms with Crippen molar-refractivity contribution in [1.82, 2.24) is 5.32 Å². The Morgan fingerprint density at radius 1 is 1.45 bits per heavy atom. The molecule has 1 saturated carbocycles. The van der Waals surface area contributed by atoms with Crippen molar-refractivity contribution >= 4 is 11.6 Å². The summed E-state index contributed by atoms with van der Waals surface area (Å²) in [4.78, 5) is 0. The van der Waals surface area contributed by atoms with Crippen LogP contribution in [-0.2, 0) is 6.42 Å². The van der Waals surface area contributed by atoms with E-state index < -0.39 is 0 Å². The van der Waals surface area contributed by atoms with E-state index in [0.717, 1.165) is 18.5 Å². The average Bonchev–Trinajstić information content (AvgIpc) is 2.73. The Morgan fingerprint density at radius 3 is 2.80 bits per heavy atom. The molecule has 0 bridgehead atoms. The lowest BCUT2D eigenvalue weighted by atomic mass is 9.76. The lowest BCUT2D eigenvalue weighted by molar-refractivity contribution is 0.197. The summed E-state index contributed by atoms with van der Waals surface area (Å²) in [5.41, 5.74) is 1.27. The normalized spacial score (nSPS) is 22.9. The van der Waals surface area contributed by atoms with Gasteiger partial charge in [0.05, 0.1) is 0 Å². The molecule has 1 aliphatic carbocycles. The van der Waals surface area contributed by atoms with E-state index >= 15 is 0 Å². The van der Waals surface area contributed by atoms with Crippen LogP contribution in [0.1, 0.15) is 45.6 Å². The Balaban J connectivity index is 2.19. The summed E-state index contributed by atoms with van der Waals surface area (Å²) >= 11 is 6.22. The maximum atomic E-state index is 13.4. The largest absolute Gasteiger partial charge is 0.314 e. The molecule has 0 spiro atoms. The molecule has 3 heteroatoms. The molecule has 2 atom stereocenters. The van der Waals surface area contributed by atoms with E-state index in [1.807, 2.05) is 0 Å². The Labute approximate surface area is 126 Å². The Hall–Kier alpha value is -0.600. The van der Waals surface area contributed by atoms with Crippen LogP contribution in [-0.4, -0.2) is 12.6 Å². The monoisotopic (exact) mass is 297 g/mol. The second kappa shape index (κ2) is 6.44. The Morgan fingerprint density at radius 2 is 2.20 bits per heavy atom. The van der Waals surface area contributed by atoms with Crippen molar-refractivity contribution in [2.75, 3.05) is 6.54 Å². The standard InChI is InChI=1S/C17H25ClFN/c1-4-20-16(14-6-5-9-17(14,2)3)11-12-10-13(19)7-8-15(12)18/h7-8,10,14,16,20H,4-6,9,11H2,1-3H3. The molecule has 20 heavy (non-hydrogen) atoms. The van der Waals surface area contributed by atoms with Crippen LogP contribution in [0, 0.1) is 17.2 Å². The van der Waals surface area contributed by atoms with Crippen LogP contribution in [0.3, 0.4) is 0 Å². The van der Waals surface area contributed by atoms with Crippen molar-refractivity contribution in [1.29, 1.82) is 0 Å². The second-order valence-corrected chi connectivity index (χ2v) is 7.00. The first-order chi connectivity index (χ1) is 9.44. The molecule has 1 aromatic rings. The third kappa shape index (κ3) is 3.53. The summed E-state index contributed by atoms with van der Waals surface area (Å²) in [6, 6.07) is 5.04. The fourth-order valence-corrected chi connectivity index (χ4v) is 3.85. The summed E-state index contributed by atoms with van der Waals surface area (Å²) < 4.78 is 13.4. The number of nitrogens with one attached hydrogen (secondary N) is 1. The van der Waals surface area contributed by atoms with Crippen LogP contribution >= 0.6 is 11.6 Å². The maximum Gasteiger partial charge on any atom is 0.123 e. The Kier molecular flexibility index (Phi) is 5.09. The minimum Gasteiger partial charge on any atom is -0.314 e. The molecule has 2 rings (SSSR count). The average molecular weight is 298 g/mol. The first-order valence-corrected chi connectivity index (χ1v) is 7.99. The second-order valence-electron chi connectivity index (χ2n) is 6.59. The summed E-state index contributed by atoms with van der Waals surface area (Å²) in [5.74, 6) is 0.423. The van der Waals surface area contributed by atoms with Crippen molar-refractivity contribution in [2.24, 2.45) is 11.3 Å². The zero-order valence-electron chi connectivity index (χ0n) is 12.7. The highest BCUT2D eigenvalue weighted by molar-refractivity contribution is 6.31. The highest BCUT2D eigenvalue weighted by Gasteiger charge is 2.39. The molecule has 112 valence electrons. The van der Waals surface area contributed by atoms with E-state index in [1.54, 1.807) is 12.1 Å². The third-order valence-corrected chi connectivity index (χ3v) is 5.11. The van der Waals surface area contributed by atoms with E-state index in [2.05, 4.69) is 26.1 Å². The number of rotatable bonds is 5. The quantitative estimate of drug-likeness (QED) is 0.821. The molecule has 0 amide bonds. The molecular formula is C17H25ClFN. The third-order valence-electron chi connectivity index (χ3n) is 4.74. The van der Waals surface area contributed by atoms with Gasteiger partial charge in [0.15, 0.2) is 0 Å². The van der Waals surface area contributed by atoms with Crippen LogP contribution in [0.5, 0.6) is 0 Å². The van der Waals surface area contributed by atoms with Crippen LogP contribution in [0.25, 0.3) is 0 Å².